The Morgan fingerprint density at radius 1 is 1.41 bits per heavy atom. The van der Waals surface area contributed by atoms with Crippen molar-refractivity contribution in [3.05, 3.63) is 29.3 Å². The van der Waals surface area contributed by atoms with E-state index in [0.717, 1.165) is 18.6 Å². The lowest BCUT2D eigenvalue weighted by Gasteiger charge is -2.33. The summed E-state index contributed by atoms with van der Waals surface area (Å²) < 4.78 is 43.5. The molecule has 4 nitrogen and oxygen atoms in total. The summed E-state index contributed by atoms with van der Waals surface area (Å²) in [6, 6.07) is 3.15. The van der Waals surface area contributed by atoms with Crippen molar-refractivity contribution in [2.45, 2.75) is 44.9 Å². The van der Waals surface area contributed by atoms with E-state index in [1.807, 2.05) is 6.92 Å². The summed E-state index contributed by atoms with van der Waals surface area (Å²) in [5.41, 5.74) is 0.333. The molecule has 2 atom stereocenters. The van der Waals surface area contributed by atoms with Crippen molar-refractivity contribution in [1.82, 2.24) is 5.32 Å². The van der Waals surface area contributed by atoms with E-state index in [9.17, 15) is 18.0 Å². The lowest BCUT2D eigenvalue weighted by Crippen LogP contribution is -2.37. The summed E-state index contributed by atoms with van der Waals surface area (Å²) in [7, 11) is 0. The van der Waals surface area contributed by atoms with Gasteiger partial charge in [0.2, 0.25) is 0 Å². The summed E-state index contributed by atoms with van der Waals surface area (Å²) in [5, 5.41) is 5.85. The van der Waals surface area contributed by atoms with Crippen LogP contribution in [0.2, 0.25) is 0 Å². The number of carbonyl (C=O) groups excluding carboxylic acids is 1. The molecule has 1 aromatic rings. The number of carbonyl (C=O) groups is 1. The van der Waals surface area contributed by atoms with Crippen LogP contribution >= 0.6 is 0 Å². The maximum absolute atomic E-state index is 12.9. The Labute approximate surface area is 127 Å². The Kier molecular flexibility index (Phi) is 4.83. The third kappa shape index (κ3) is 3.64. The molecule has 0 saturated heterocycles. The zero-order valence-electron chi connectivity index (χ0n) is 12.5. The number of anilines is 1. The molecule has 0 radical (unpaired) electrons. The molecule has 2 N–H and O–H groups in total. The average molecular weight is 316 g/mol. The van der Waals surface area contributed by atoms with E-state index in [1.54, 1.807) is 6.92 Å². The van der Waals surface area contributed by atoms with Gasteiger partial charge in [0.05, 0.1) is 18.2 Å². The molecule has 0 bridgehead atoms. The topological polar surface area (TPSA) is 50.4 Å². The Morgan fingerprint density at radius 2 is 2.14 bits per heavy atom. The first kappa shape index (κ1) is 16.5. The van der Waals surface area contributed by atoms with Crippen molar-refractivity contribution < 1.29 is 22.7 Å². The smallest absolute Gasteiger partial charge is 0.416 e. The standard InChI is InChI=1S/C15H19F3N2O2/c1-3-10-8-13(20-14(21)22-4-2)11-7-9(15(16,17)18)5-6-12(11)19-10/h5-7,10,13,19H,3-4,8H2,1-2H3,(H,20,21)/t10-,13+/m1/s1. The van der Waals surface area contributed by atoms with Crippen molar-refractivity contribution in [3.63, 3.8) is 0 Å². The molecule has 0 aromatic heterocycles. The van der Waals surface area contributed by atoms with E-state index in [4.69, 9.17) is 4.74 Å². The highest BCUT2D eigenvalue weighted by Crippen LogP contribution is 2.38. The molecular weight excluding hydrogens is 297 g/mol. The molecular formula is C15H19F3N2O2. The fraction of sp³-hybridized carbons (Fsp3) is 0.533. The van der Waals surface area contributed by atoms with Crippen LogP contribution in [-0.2, 0) is 10.9 Å². The van der Waals surface area contributed by atoms with Crippen LogP contribution in [0.15, 0.2) is 18.2 Å². The van der Waals surface area contributed by atoms with Gasteiger partial charge in [-0.15, -0.1) is 0 Å². The Bertz CT molecular complexity index is 546. The van der Waals surface area contributed by atoms with Crippen LogP contribution in [-0.4, -0.2) is 18.7 Å². The van der Waals surface area contributed by atoms with Crippen molar-refractivity contribution >= 4 is 11.8 Å². The second-order valence-electron chi connectivity index (χ2n) is 5.20. The second kappa shape index (κ2) is 6.46. The summed E-state index contributed by atoms with van der Waals surface area (Å²) in [6.45, 7) is 3.87. The van der Waals surface area contributed by atoms with Crippen LogP contribution < -0.4 is 10.6 Å². The number of hydrogen-bond acceptors (Lipinski definition) is 3. The number of ether oxygens (including phenoxy) is 1. The number of benzene rings is 1. The zero-order chi connectivity index (χ0) is 16.3. The molecule has 7 heteroatoms. The van der Waals surface area contributed by atoms with Gasteiger partial charge in [-0.05, 0) is 43.5 Å². The number of alkyl carbamates (subject to hydrolysis) is 1. The van der Waals surface area contributed by atoms with Crippen LogP contribution in [0.3, 0.4) is 0 Å². The van der Waals surface area contributed by atoms with Gasteiger partial charge in [-0.1, -0.05) is 6.92 Å². The summed E-state index contributed by atoms with van der Waals surface area (Å²) >= 11 is 0. The number of rotatable bonds is 3. The summed E-state index contributed by atoms with van der Waals surface area (Å²) in [5.74, 6) is 0. The minimum absolute atomic E-state index is 0.0937. The van der Waals surface area contributed by atoms with Gasteiger partial charge in [-0.2, -0.15) is 13.2 Å². The Morgan fingerprint density at radius 3 is 2.73 bits per heavy atom. The number of amides is 1. The Hall–Kier alpha value is -1.92. The van der Waals surface area contributed by atoms with Crippen molar-refractivity contribution in [2.24, 2.45) is 0 Å². The number of nitrogens with one attached hydrogen (secondary N) is 2. The van der Waals surface area contributed by atoms with E-state index in [2.05, 4.69) is 10.6 Å². The van der Waals surface area contributed by atoms with E-state index in [-0.39, 0.29) is 12.6 Å². The van der Waals surface area contributed by atoms with Crippen LogP contribution in [0.4, 0.5) is 23.7 Å². The third-order valence-electron chi connectivity index (χ3n) is 3.69. The molecule has 0 saturated carbocycles. The molecule has 0 spiro atoms. The zero-order valence-corrected chi connectivity index (χ0v) is 12.5. The minimum atomic E-state index is -4.41. The fourth-order valence-electron chi connectivity index (χ4n) is 2.57. The molecule has 0 fully saturated rings. The largest absolute Gasteiger partial charge is 0.450 e. The maximum atomic E-state index is 12.9. The molecule has 2 rings (SSSR count). The van der Waals surface area contributed by atoms with Gasteiger partial charge >= 0.3 is 12.3 Å². The molecule has 1 amide bonds. The molecule has 0 unspecified atom stereocenters. The van der Waals surface area contributed by atoms with Gasteiger partial charge in [0.1, 0.15) is 0 Å². The van der Waals surface area contributed by atoms with Crippen LogP contribution in [0.25, 0.3) is 0 Å². The molecule has 1 aliphatic rings. The molecule has 122 valence electrons. The first-order valence-electron chi connectivity index (χ1n) is 7.26. The highest BCUT2D eigenvalue weighted by Gasteiger charge is 2.34. The molecule has 1 heterocycles. The average Bonchev–Trinajstić information content (AvgIpc) is 2.45. The predicted molar refractivity (Wildman–Crippen MR) is 76.7 cm³/mol. The number of fused-ring (bicyclic) bond motifs is 1. The van der Waals surface area contributed by atoms with Crippen LogP contribution in [0.5, 0.6) is 0 Å². The highest BCUT2D eigenvalue weighted by atomic mass is 19.4. The van der Waals surface area contributed by atoms with Gasteiger partial charge < -0.3 is 15.4 Å². The van der Waals surface area contributed by atoms with E-state index < -0.39 is 23.9 Å². The summed E-state index contributed by atoms with van der Waals surface area (Å²) in [4.78, 5) is 11.6. The van der Waals surface area contributed by atoms with Crippen molar-refractivity contribution in [3.8, 4) is 0 Å². The van der Waals surface area contributed by atoms with Gasteiger partial charge in [-0.3, -0.25) is 0 Å². The number of alkyl halides is 3. The van der Waals surface area contributed by atoms with Crippen LogP contribution in [0.1, 0.15) is 43.9 Å². The lowest BCUT2D eigenvalue weighted by molar-refractivity contribution is -0.137. The molecule has 0 aliphatic carbocycles. The SMILES string of the molecule is CCOC(=O)N[C@H]1C[C@@H](CC)Nc2ccc(C(F)(F)F)cc21. The Balaban J connectivity index is 2.32. The summed E-state index contributed by atoms with van der Waals surface area (Å²) in [6.07, 6.45) is -3.71. The first-order valence-corrected chi connectivity index (χ1v) is 7.26. The minimum Gasteiger partial charge on any atom is -0.450 e. The third-order valence-corrected chi connectivity index (χ3v) is 3.69. The quantitative estimate of drug-likeness (QED) is 0.883. The fourth-order valence-corrected chi connectivity index (χ4v) is 2.57. The van der Waals surface area contributed by atoms with Gasteiger partial charge in [0.25, 0.3) is 0 Å². The van der Waals surface area contributed by atoms with Gasteiger partial charge in [0.15, 0.2) is 0 Å². The maximum Gasteiger partial charge on any atom is 0.416 e. The second-order valence-corrected chi connectivity index (χ2v) is 5.20. The van der Waals surface area contributed by atoms with Gasteiger partial charge in [0, 0.05) is 11.7 Å². The van der Waals surface area contributed by atoms with E-state index in [0.29, 0.717) is 17.7 Å². The monoisotopic (exact) mass is 316 g/mol. The normalized spacial score (nSPS) is 20.8. The van der Waals surface area contributed by atoms with Crippen LogP contribution in [0, 0.1) is 0 Å². The predicted octanol–water partition coefficient (Wildman–Crippen LogP) is 4.09. The van der Waals surface area contributed by atoms with Crippen molar-refractivity contribution in [2.75, 3.05) is 11.9 Å². The molecule has 1 aliphatic heterocycles. The molecule has 22 heavy (non-hydrogen) atoms. The number of halogens is 3. The molecule has 1 aromatic carbocycles. The first-order chi connectivity index (χ1) is 10.3. The van der Waals surface area contributed by atoms with E-state index >= 15 is 0 Å². The highest BCUT2D eigenvalue weighted by molar-refractivity contribution is 5.69. The van der Waals surface area contributed by atoms with E-state index in [1.165, 1.54) is 6.07 Å². The van der Waals surface area contributed by atoms with Gasteiger partial charge in [-0.25, -0.2) is 4.79 Å². The number of hydrogen-bond donors (Lipinski definition) is 2. The van der Waals surface area contributed by atoms with Crippen molar-refractivity contribution in [1.29, 1.82) is 0 Å². The lowest BCUT2D eigenvalue weighted by atomic mass is 9.90.